The monoisotopic (exact) mass is 272 g/mol. The summed E-state index contributed by atoms with van der Waals surface area (Å²) in [7, 11) is 3.57. The third-order valence-corrected chi connectivity index (χ3v) is 3.21. The second-order valence-electron chi connectivity index (χ2n) is 4.98. The fourth-order valence-electron chi connectivity index (χ4n) is 2.21. The number of carbonyl (C=O) groups is 1. The van der Waals surface area contributed by atoms with Crippen molar-refractivity contribution in [2.45, 2.75) is 20.0 Å². The summed E-state index contributed by atoms with van der Waals surface area (Å²) in [6.07, 6.45) is 0. The molecule has 2 aromatic rings. The van der Waals surface area contributed by atoms with E-state index in [1.54, 1.807) is 29.7 Å². The van der Waals surface area contributed by atoms with E-state index >= 15 is 0 Å². The van der Waals surface area contributed by atoms with Crippen LogP contribution in [0.1, 0.15) is 27.3 Å². The van der Waals surface area contributed by atoms with E-state index in [1.165, 1.54) is 0 Å². The summed E-state index contributed by atoms with van der Waals surface area (Å²) in [6, 6.07) is 9.77. The summed E-state index contributed by atoms with van der Waals surface area (Å²) < 4.78 is 1.62. The largest absolute Gasteiger partial charge is 0.336 e. The van der Waals surface area contributed by atoms with Gasteiger partial charge in [0.2, 0.25) is 0 Å². The van der Waals surface area contributed by atoms with Gasteiger partial charge in [-0.1, -0.05) is 24.3 Å². The van der Waals surface area contributed by atoms with Crippen molar-refractivity contribution in [2.75, 3.05) is 7.05 Å². The Bertz CT molecular complexity index is 618. The number of aromatic nitrogens is 2. The second kappa shape index (κ2) is 5.88. The lowest BCUT2D eigenvalue weighted by atomic mass is 10.1. The highest BCUT2D eigenvalue weighted by Crippen LogP contribution is 2.11. The van der Waals surface area contributed by atoms with E-state index in [0.717, 1.165) is 16.8 Å². The molecule has 20 heavy (non-hydrogen) atoms. The van der Waals surface area contributed by atoms with Gasteiger partial charge in [0.25, 0.3) is 5.91 Å². The van der Waals surface area contributed by atoms with Gasteiger partial charge in [-0.25, -0.2) is 0 Å². The van der Waals surface area contributed by atoms with Gasteiger partial charge < -0.3 is 10.6 Å². The molecule has 2 N–H and O–H groups in total. The summed E-state index contributed by atoms with van der Waals surface area (Å²) in [4.78, 5) is 14.1. The number of hydrogen-bond donors (Lipinski definition) is 1. The zero-order valence-corrected chi connectivity index (χ0v) is 12.1. The van der Waals surface area contributed by atoms with E-state index in [9.17, 15) is 4.79 Å². The maximum atomic E-state index is 12.4. The molecule has 5 heteroatoms. The first-order valence-corrected chi connectivity index (χ1v) is 6.55. The molecule has 0 atom stereocenters. The number of benzene rings is 1. The summed E-state index contributed by atoms with van der Waals surface area (Å²) in [5.41, 5.74) is 9.21. The zero-order valence-electron chi connectivity index (χ0n) is 12.1. The molecule has 0 fully saturated rings. The van der Waals surface area contributed by atoms with Crippen LogP contribution in [0.2, 0.25) is 0 Å². The molecule has 0 saturated carbocycles. The molecular formula is C15H20N4O. The first-order valence-electron chi connectivity index (χ1n) is 6.55. The van der Waals surface area contributed by atoms with Gasteiger partial charge in [0.15, 0.2) is 0 Å². The fourth-order valence-corrected chi connectivity index (χ4v) is 2.21. The predicted octanol–water partition coefficient (Wildman–Crippen LogP) is 1.46. The quantitative estimate of drug-likeness (QED) is 0.916. The highest BCUT2D eigenvalue weighted by molar-refractivity contribution is 5.92. The van der Waals surface area contributed by atoms with Crippen molar-refractivity contribution < 1.29 is 4.79 Å². The maximum absolute atomic E-state index is 12.4. The minimum Gasteiger partial charge on any atom is -0.336 e. The Morgan fingerprint density at radius 1 is 1.35 bits per heavy atom. The minimum absolute atomic E-state index is 0.0359. The molecule has 5 nitrogen and oxygen atoms in total. The molecule has 1 heterocycles. The number of carbonyl (C=O) groups excluding carboxylic acids is 1. The smallest absolute Gasteiger partial charge is 0.272 e. The fraction of sp³-hybridized carbons (Fsp3) is 0.333. The molecular weight excluding hydrogens is 252 g/mol. The van der Waals surface area contributed by atoms with Crippen molar-refractivity contribution in [3.8, 4) is 0 Å². The average molecular weight is 272 g/mol. The van der Waals surface area contributed by atoms with Crippen molar-refractivity contribution in [1.29, 1.82) is 0 Å². The average Bonchev–Trinajstić information content (AvgIpc) is 2.77. The first kappa shape index (κ1) is 14.3. The lowest BCUT2D eigenvalue weighted by Gasteiger charge is -2.17. The van der Waals surface area contributed by atoms with Gasteiger partial charge in [-0.3, -0.25) is 9.48 Å². The van der Waals surface area contributed by atoms with E-state index < -0.39 is 0 Å². The zero-order chi connectivity index (χ0) is 14.7. The Kier molecular flexibility index (Phi) is 4.20. The second-order valence-corrected chi connectivity index (χ2v) is 4.98. The van der Waals surface area contributed by atoms with Gasteiger partial charge in [0.1, 0.15) is 5.69 Å². The van der Waals surface area contributed by atoms with Crippen LogP contribution in [0.5, 0.6) is 0 Å². The normalized spacial score (nSPS) is 10.6. The summed E-state index contributed by atoms with van der Waals surface area (Å²) in [6.45, 7) is 2.94. The summed E-state index contributed by atoms with van der Waals surface area (Å²) in [5.74, 6) is -0.0359. The standard InChI is InChI=1S/C15H20N4O/c1-11-7-14(19(3)17-11)15(20)18(2)10-13-6-4-5-12(8-13)9-16/h4-8H,9-10,16H2,1-3H3. The SMILES string of the molecule is Cc1cc(C(=O)N(C)Cc2cccc(CN)c2)n(C)n1. The van der Waals surface area contributed by atoms with E-state index in [2.05, 4.69) is 5.10 Å². The lowest BCUT2D eigenvalue weighted by molar-refractivity contribution is 0.0774. The van der Waals surface area contributed by atoms with Crippen molar-refractivity contribution in [2.24, 2.45) is 12.8 Å². The van der Waals surface area contributed by atoms with Crippen LogP contribution in [0.3, 0.4) is 0 Å². The van der Waals surface area contributed by atoms with Crippen LogP contribution in [-0.4, -0.2) is 27.6 Å². The number of hydrogen-bond acceptors (Lipinski definition) is 3. The van der Waals surface area contributed by atoms with Crippen LogP contribution in [0, 0.1) is 6.92 Å². The number of amides is 1. The molecule has 106 valence electrons. The molecule has 0 radical (unpaired) electrons. The number of aryl methyl sites for hydroxylation is 2. The van der Waals surface area contributed by atoms with Gasteiger partial charge >= 0.3 is 0 Å². The van der Waals surface area contributed by atoms with Crippen LogP contribution < -0.4 is 5.73 Å². The van der Waals surface area contributed by atoms with Crippen molar-refractivity contribution in [1.82, 2.24) is 14.7 Å². The predicted molar refractivity (Wildman–Crippen MR) is 78.1 cm³/mol. The molecule has 2 rings (SSSR count). The molecule has 0 aliphatic carbocycles. The van der Waals surface area contributed by atoms with E-state index in [-0.39, 0.29) is 5.91 Å². The maximum Gasteiger partial charge on any atom is 0.272 e. The summed E-state index contributed by atoms with van der Waals surface area (Å²) >= 11 is 0. The molecule has 1 amide bonds. The van der Waals surface area contributed by atoms with E-state index in [4.69, 9.17) is 5.73 Å². The molecule has 0 spiro atoms. The number of nitrogens with two attached hydrogens (primary N) is 1. The van der Waals surface area contributed by atoms with E-state index in [0.29, 0.717) is 18.8 Å². The van der Waals surface area contributed by atoms with Crippen LogP contribution in [0.4, 0.5) is 0 Å². The topological polar surface area (TPSA) is 64.2 Å². The summed E-state index contributed by atoms with van der Waals surface area (Å²) in [5, 5.41) is 4.20. The molecule has 0 aliphatic heterocycles. The van der Waals surface area contributed by atoms with Crippen LogP contribution in [0.25, 0.3) is 0 Å². The number of nitrogens with zero attached hydrogens (tertiary/aromatic N) is 3. The molecule has 1 aromatic heterocycles. The number of rotatable bonds is 4. The third kappa shape index (κ3) is 3.05. The Labute approximate surface area is 119 Å². The Morgan fingerprint density at radius 3 is 2.65 bits per heavy atom. The molecule has 0 saturated heterocycles. The van der Waals surface area contributed by atoms with E-state index in [1.807, 2.05) is 31.2 Å². The van der Waals surface area contributed by atoms with Gasteiger partial charge in [0, 0.05) is 27.2 Å². The van der Waals surface area contributed by atoms with Gasteiger partial charge in [-0.2, -0.15) is 5.10 Å². The third-order valence-electron chi connectivity index (χ3n) is 3.21. The molecule has 1 aromatic carbocycles. The van der Waals surface area contributed by atoms with Crippen LogP contribution >= 0.6 is 0 Å². The Morgan fingerprint density at radius 2 is 2.05 bits per heavy atom. The van der Waals surface area contributed by atoms with Gasteiger partial charge in [-0.15, -0.1) is 0 Å². The van der Waals surface area contributed by atoms with Crippen LogP contribution in [-0.2, 0) is 20.1 Å². The van der Waals surface area contributed by atoms with Gasteiger partial charge in [0.05, 0.1) is 5.69 Å². The van der Waals surface area contributed by atoms with Crippen molar-refractivity contribution in [3.63, 3.8) is 0 Å². The van der Waals surface area contributed by atoms with Crippen LogP contribution in [0.15, 0.2) is 30.3 Å². The Balaban J connectivity index is 2.13. The Hall–Kier alpha value is -2.14. The minimum atomic E-state index is -0.0359. The van der Waals surface area contributed by atoms with Crippen molar-refractivity contribution in [3.05, 3.63) is 52.8 Å². The first-order chi connectivity index (χ1) is 9.51. The highest BCUT2D eigenvalue weighted by Gasteiger charge is 2.16. The molecule has 0 unspecified atom stereocenters. The molecule has 0 aliphatic rings. The van der Waals surface area contributed by atoms with Gasteiger partial charge in [-0.05, 0) is 24.1 Å². The highest BCUT2D eigenvalue weighted by atomic mass is 16.2. The van der Waals surface area contributed by atoms with Crippen molar-refractivity contribution >= 4 is 5.91 Å². The molecule has 0 bridgehead atoms. The lowest BCUT2D eigenvalue weighted by Crippen LogP contribution is -2.28.